The van der Waals surface area contributed by atoms with E-state index in [1.54, 1.807) is 0 Å². The summed E-state index contributed by atoms with van der Waals surface area (Å²) in [6, 6.07) is 7.79. The van der Waals surface area contributed by atoms with Crippen LogP contribution in [0.2, 0.25) is 0 Å². The third-order valence-electron chi connectivity index (χ3n) is 4.24. The maximum Gasteiger partial charge on any atom is 0.225 e. The Bertz CT molecular complexity index is 616. The van der Waals surface area contributed by atoms with Crippen LogP contribution in [-0.2, 0) is 9.59 Å². The molecule has 0 aromatic heterocycles. The molecular formula is C18H21NO3. The van der Waals surface area contributed by atoms with Gasteiger partial charge in [-0.25, -0.2) is 0 Å². The first-order valence-electron chi connectivity index (χ1n) is 7.98. The van der Waals surface area contributed by atoms with E-state index in [0.29, 0.717) is 19.4 Å². The predicted octanol–water partition coefficient (Wildman–Crippen LogP) is 3.09. The average Bonchev–Trinajstić information content (AvgIpc) is 2.52. The molecule has 0 saturated heterocycles. The summed E-state index contributed by atoms with van der Waals surface area (Å²) < 4.78 is 5.59. The second-order valence-electron chi connectivity index (χ2n) is 5.89. The largest absolute Gasteiger partial charge is 0.494 e. The molecule has 1 aromatic rings. The number of nitrogens with one attached hydrogen (secondary N) is 1. The van der Waals surface area contributed by atoms with Gasteiger partial charge in [-0.3, -0.25) is 9.59 Å². The van der Waals surface area contributed by atoms with Gasteiger partial charge in [0.05, 0.1) is 6.61 Å². The molecule has 0 radical (unpaired) electrons. The molecule has 116 valence electrons. The maximum absolute atomic E-state index is 12.3. The molecule has 0 saturated carbocycles. The number of Topliss-reactive ketones (excluding diaryl/α,β-unsaturated/α-hetero) is 1. The minimum absolute atomic E-state index is 0.00441. The molecule has 3 rings (SSSR count). The Hall–Kier alpha value is -2.10. The molecule has 1 N–H and O–H groups in total. The van der Waals surface area contributed by atoms with E-state index in [4.69, 9.17) is 4.74 Å². The van der Waals surface area contributed by atoms with Crippen LogP contribution in [0.5, 0.6) is 5.75 Å². The number of ketones is 1. The van der Waals surface area contributed by atoms with Crippen LogP contribution in [0, 0.1) is 0 Å². The Balaban J connectivity index is 1.88. The molecule has 0 spiro atoms. The monoisotopic (exact) mass is 299 g/mol. The summed E-state index contributed by atoms with van der Waals surface area (Å²) in [5, 5.41) is 2.88. The first-order valence-corrected chi connectivity index (χ1v) is 7.98. The Kier molecular flexibility index (Phi) is 4.27. The second-order valence-corrected chi connectivity index (χ2v) is 5.89. The first-order chi connectivity index (χ1) is 10.7. The van der Waals surface area contributed by atoms with Gasteiger partial charge in [0.2, 0.25) is 5.91 Å². The van der Waals surface area contributed by atoms with E-state index in [1.807, 2.05) is 24.3 Å². The molecule has 0 fully saturated rings. The van der Waals surface area contributed by atoms with Crippen molar-refractivity contribution in [3.8, 4) is 5.75 Å². The number of benzene rings is 1. The number of allylic oxidation sites excluding steroid dienone is 2. The highest BCUT2D eigenvalue weighted by atomic mass is 16.5. The van der Waals surface area contributed by atoms with Crippen molar-refractivity contribution in [1.82, 2.24) is 5.32 Å². The summed E-state index contributed by atoms with van der Waals surface area (Å²) in [7, 11) is 0. The van der Waals surface area contributed by atoms with Gasteiger partial charge in [-0.1, -0.05) is 19.1 Å². The Morgan fingerprint density at radius 1 is 1.18 bits per heavy atom. The van der Waals surface area contributed by atoms with Crippen LogP contribution in [0.3, 0.4) is 0 Å². The highest BCUT2D eigenvalue weighted by molar-refractivity contribution is 6.01. The lowest BCUT2D eigenvalue weighted by molar-refractivity contribution is -0.122. The molecule has 1 aromatic carbocycles. The van der Waals surface area contributed by atoms with Gasteiger partial charge in [-0.15, -0.1) is 0 Å². The van der Waals surface area contributed by atoms with Crippen LogP contribution in [0.15, 0.2) is 35.5 Å². The highest BCUT2D eigenvalue weighted by Gasteiger charge is 2.34. The lowest BCUT2D eigenvalue weighted by Crippen LogP contribution is -2.36. The van der Waals surface area contributed by atoms with Crippen LogP contribution in [0.4, 0.5) is 0 Å². The highest BCUT2D eigenvalue weighted by Crippen LogP contribution is 2.38. The normalized spacial score (nSPS) is 21.4. The molecule has 4 nitrogen and oxygen atoms in total. The van der Waals surface area contributed by atoms with Crippen molar-refractivity contribution < 1.29 is 14.3 Å². The molecule has 0 bridgehead atoms. The topological polar surface area (TPSA) is 55.4 Å². The van der Waals surface area contributed by atoms with Gasteiger partial charge in [0.15, 0.2) is 5.78 Å². The maximum atomic E-state index is 12.3. The van der Waals surface area contributed by atoms with Crippen molar-refractivity contribution in [2.45, 2.75) is 44.9 Å². The van der Waals surface area contributed by atoms with Crippen LogP contribution in [0.1, 0.15) is 50.5 Å². The number of amides is 1. The van der Waals surface area contributed by atoms with Crippen molar-refractivity contribution in [3.05, 3.63) is 41.1 Å². The van der Waals surface area contributed by atoms with Gasteiger partial charge in [0, 0.05) is 30.0 Å². The van der Waals surface area contributed by atoms with Gasteiger partial charge in [-0.05, 0) is 37.0 Å². The van der Waals surface area contributed by atoms with E-state index in [2.05, 4.69) is 12.2 Å². The number of rotatable bonds is 4. The van der Waals surface area contributed by atoms with Crippen LogP contribution in [-0.4, -0.2) is 18.3 Å². The summed E-state index contributed by atoms with van der Waals surface area (Å²) >= 11 is 0. The third-order valence-corrected chi connectivity index (χ3v) is 4.24. The predicted molar refractivity (Wildman–Crippen MR) is 83.6 cm³/mol. The first kappa shape index (κ1) is 14.8. The quantitative estimate of drug-likeness (QED) is 0.929. The Labute approximate surface area is 130 Å². The molecule has 4 heteroatoms. The lowest BCUT2D eigenvalue weighted by atomic mass is 9.78. The van der Waals surface area contributed by atoms with E-state index < -0.39 is 0 Å². The standard InChI is InChI=1S/C18H21NO3/c1-2-10-22-13-8-6-12(7-9-13)14-11-17(21)19-15-4-3-5-16(20)18(14)15/h6-9,14H,2-5,10-11H2,1H3,(H,19,21). The molecule has 1 aliphatic heterocycles. The summed E-state index contributed by atoms with van der Waals surface area (Å²) in [5.41, 5.74) is 2.67. The fraction of sp³-hybridized carbons (Fsp3) is 0.444. The fourth-order valence-electron chi connectivity index (χ4n) is 3.21. The van der Waals surface area contributed by atoms with E-state index >= 15 is 0 Å². The van der Waals surface area contributed by atoms with Crippen molar-refractivity contribution >= 4 is 11.7 Å². The average molecular weight is 299 g/mol. The zero-order valence-electron chi connectivity index (χ0n) is 12.9. The summed E-state index contributed by atoms with van der Waals surface area (Å²) in [5.74, 6) is 0.897. The van der Waals surface area contributed by atoms with E-state index in [-0.39, 0.29) is 17.6 Å². The van der Waals surface area contributed by atoms with Gasteiger partial charge >= 0.3 is 0 Å². The fourth-order valence-corrected chi connectivity index (χ4v) is 3.21. The lowest BCUT2D eigenvalue weighted by Gasteiger charge is -2.31. The molecule has 22 heavy (non-hydrogen) atoms. The molecule has 2 aliphatic rings. The summed E-state index contributed by atoms with van der Waals surface area (Å²) in [4.78, 5) is 24.2. The van der Waals surface area contributed by atoms with Crippen molar-refractivity contribution in [2.75, 3.05) is 6.61 Å². The summed E-state index contributed by atoms with van der Waals surface area (Å²) in [6.45, 7) is 2.76. The molecule has 1 aliphatic carbocycles. The molecule has 1 amide bonds. The van der Waals surface area contributed by atoms with Crippen LogP contribution < -0.4 is 10.1 Å². The molecule has 1 atom stereocenters. The molecule has 1 heterocycles. The van der Waals surface area contributed by atoms with Crippen molar-refractivity contribution in [1.29, 1.82) is 0 Å². The van der Waals surface area contributed by atoms with Gasteiger partial charge in [-0.2, -0.15) is 0 Å². The molecular weight excluding hydrogens is 278 g/mol. The van der Waals surface area contributed by atoms with E-state index in [1.165, 1.54) is 0 Å². The van der Waals surface area contributed by atoms with Gasteiger partial charge in [0.25, 0.3) is 0 Å². The Morgan fingerprint density at radius 3 is 2.68 bits per heavy atom. The number of ether oxygens (including phenoxy) is 1. The van der Waals surface area contributed by atoms with Crippen LogP contribution >= 0.6 is 0 Å². The smallest absolute Gasteiger partial charge is 0.225 e. The number of hydrogen-bond acceptors (Lipinski definition) is 3. The molecule has 1 unspecified atom stereocenters. The van der Waals surface area contributed by atoms with Crippen LogP contribution in [0.25, 0.3) is 0 Å². The Morgan fingerprint density at radius 2 is 1.95 bits per heavy atom. The number of carbonyl (C=O) groups excluding carboxylic acids is 2. The zero-order valence-corrected chi connectivity index (χ0v) is 12.9. The minimum Gasteiger partial charge on any atom is -0.494 e. The van der Waals surface area contributed by atoms with E-state index in [9.17, 15) is 9.59 Å². The van der Waals surface area contributed by atoms with Crippen molar-refractivity contribution in [3.63, 3.8) is 0 Å². The van der Waals surface area contributed by atoms with Gasteiger partial charge in [0.1, 0.15) is 5.75 Å². The zero-order chi connectivity index (χ0) is 15.5. The number of carbonyl (C=O) groups is 2. The van der Waals surface area contributed by atoms with Crippen molar-refractivity contribution in [2.24, 2.45) is 0 Å². The number of hydrogen-bond donors (Lipinski definition) is 1. The van der Waals surface area contributed by atoms with E-state index in [0.717, 1.165) is 41.8 Å². The van der Waals surface area contributed by atoms with Gasteiger partial charge < -0.3 is 10.1 Å². The minimum atomic E-state index is -0.114. The summed E-state index contributed by atoms with van der Waals surface area (Å²) in [6.07, 6.45) is 3.52. The third kappa shape index (κ3) is 2.91. The second kappa shape index (κ2) is 6.34. The SMILES string of the molecule is CCCOc1ccc(C2CC(=O)NC3=C2C(=O)CCC3)cc1.